The van der Waals surface area contributed by atoms with Crippen LogP contribution in [0.2, 0.25) is 0 Å². The molecule has 17 heavy (non-hydrogen) atoms. The largest absolute Gasteiger partial charge is 0.465 e. The van der Waals surface area contributed by atoms with Gasteiger partial charge in [-0.25, -0.2) is 4.79 Å². The van der Waals surface area contributed by atoms with Crippen molar-refractivity contribution in [3.63, 3.8) is 0 Å². The predicted molar refractivity (Wildman–Crippen MR) is 63.2 cm³/mol. The molecule has 1 rings (SSSR count). The lowest BCUT2D eigenvalue weighted by atomic mass is 10.0. The minimum atomic E-state index is -0.609. The number of ether oxygens (including phenoxy) is 1. The van der Waals surface area contributed by atoms with Gasteiger partial charge in [0.2, 0.25) is 0 Å². The number of ketones is 1. The van der Waals surface area contributed by atoms with Crippen molar-refractivity contribution in [1.29, 1.82) is 0 Å². The average Bonchev–Trinajstić information content (AvgIpc) is 2.77. The van der Waals surface area contributed by atoms with Gasteiger partial charge in [-0.15, -0.1) is 0 Å². The Morgan fingerprint density at radius 3 is 2.65 bits per heavy atom. The molecular weight excluding hydrogens is 220 g/mol. The summed E-state index contributed by atoms with van der Waals surface area (Å²) in [4.78, 5) is 23.5. The minimum absolute atomic E-state index is 0.0248. The summed E-state index contributed by atoms with van der Waals surface area (Å²) in [5, 5.41) is 0. The van der Waals surface area contributed by atoms with Crippen molar-refractivity contribution in [3.05, 3.63) is 29.7 Å². The molecule has 0 bridgehead atoms. The van der Waals surface area contributed by atoms with Gasteiger partial charge in [0.1, 0.15) is 11.3 Å². The lowest BCUT2D eigenvalue weighted by Gasteiger charge is -2.07. The van der Waals surface area contributed by atoms with E-state index in [0.717, 1.165) is 0 Å². The number of carbonyl (C=O) groups excluding carboxylic acids is 2. The molecule has 0 atom stereocenters. The third-order valence-corrected chi connectivity index (χ3v) is 2.11. The Morgan fingerprint density at radius 2 is 2.18 bits per heavy atom. The summed E-state index contributed by atoms with van der Waals surface area (Å²) in [6.07, 6.45) is 2.90. The van der Waals surface area contributed by atoms with Crippen LogP contribution in [0.3, 0.4) is 0 Å². The monoisotopic (exact) mass is 236 g/mol. The molecule has 0 N–H and O–H groups in total. The number of carbonyl (C=O) groups is 2. The molecule has 0 saturated carbocycles. The number of esters is 1. The van der Waals surface area contributed by atoms with Crippen LogP contribution in [0.4, 0.5) is 0 Å². The van der Waals surface area contributed by atoms with E-state index in [4.69, 9.17) is 9.15 Å². The van der Waals surface area contributed by atoms with Gasteiger partial charge < -0.3 is 9.15 Å². The number of hydrogen-bond acceptors (Lipinski definition) is 4. The van der Waals surface area contributed by atoms with Gasteiger partial charge in [-0.1, -0.05) is 13.8 Å². The Balaban J connectivity index is 3.02. The summed E-state index contributed by atoms with van der Waals surface area (Å²) < 4.78 is 9.94. The van der Waals surface area contributed by atoms with Gasteiger partial charge >= 0.3 is 5.97 Å². The van der Waals surface area contributed by atoms with Crippen LogP contribution in [-0.4, -0.2) is 18.4 Å². The van der Waals surface area contributed by atoms with Crippen LogP contribution in [0.1, 0.15) is 26.5 Å². The van der Waals surface area contributed by atoms with Crippen molar-refractivity contribution in [1.82, 2.24) is 0 Å². The van der Waals surface area contributed by atoms with Crippen LogP contribution in [0.15, 0.2) is 28.4 Å². The molecule has 0 unspecified atom stereocenters. The summed E-state index contributed by atoms with van der Waals surface area (Å²) in [6, 6.07) is 3.36. The molecule has 0 radical (unpaired) electrons. The van der Waals surface area contributed by atoms with Crippen LogP contribution < -0.4 is 0 Å². The molecule has 0 aromatic carbocycles. The first-order valence-electron chi connectivity index (χ1n) is 5.52. The van der Waals surface area contributed by atoms with Crippen molar-refractivity contribution in [3.8, 4) is 0 Å². The van der Waals surface area contributed by atoms with Crippen molar-refractivity contribution in [2.75, 3.05) is 6.61 Å². The molecule has 0 fully saturated rings. The fourth-order valence-electron chi connectivity index (χ4n) is 1.27. The first kappa shape index (κ1) is 13.2. The van der Waals surface area contributed by atoms with Gasteiger partial charge in [-0.3, -0.25) is 4.79 Å². The van der Waals surface area contributed by atoms with Crippen molar-refractivity contribution < 1.29 is 18.7 Å². The number of furan rings is 1. The third kappa shape index (κ3) is 3.59. The highest BCUT2D eigenvalue weighted by molar-refractivity contribution is 6.21. The third-order valence-electron chi connectivity index (χ3n) is 2.11. The molecule has 1 aromatic rings. The molecular formula is C13H16O4. The Hall–Kier alpha value is -1.84. The van der Waals surface area contributed by atoms with Crippen LogP contribution in [0.25, 0.3) is 6.08 Å². The van der Waals surface area contributed by atoms with Crippen LogP contribution in [0.5, 0.6) is 0 Å². The summed E-state index contributed by atoms with van der Waals surface area (Å²) in [5.41, 5.74) is 0.0248. The predicted octanol–water partition coefficient (Wildman–Crippen LogP) is 2.45. The van der Waals surface area contributed by atoms with E-state index in [1.54, 1.807) is 32.9 Å². The average molecular weight is 236 g/mol. The maximum atomic E-state index is 11.9. The van der Waals surface area contributed by atoms with Gasteiger partial charge in [-0.2, -0.15) is 0 Å². The van der Waals surface area contributed by atoms with Gasteiger partial charge in [0, 0.05) is 5.92 Å². The smallest absolute Gasteiger partial charge is 0.341 e. The highest BCUT2D eigenvalue weighted by atomic mass is 16.5. The van der Waals surface area contributed by atoms with E-state index < -0.39 is 5.97 Å². The fourth-order valence-corrected chi connectivity index (χ4v) is 1.27. The van der Waals surface area contributed by atoms with Crippen molar-refractivity contribution in [2.45, 2.75) is 20.8 Å². The molecule has 0 aliphatic heterocycles. The van der Waals surface area contributed by atoms with Crippen LogP contribution >= 0.6 is 0 Å². The van der Waals surface area contributed by atoms with Gasteiger partial charge in [-0.05, 0) is 25.1 Å². The molecule has 1 heterocycles. The zero-order chi connectivity index (χ0) is 12.8. The molecule has 0 amide bonds. The second kappa shape index (κ2) is 6.03. The van der Waals surface area contributed by atoms with Gasteiger partial charge in [0.05, 0.1) is 12.9 Å². The van der Waals surface area contributed by atoms with E-state index in [1.165, 1.54) is 12.3 Å². The number of Topliss-reactive ketones (excluding diaryl/α,β-unsaturated/α-hetero) is 1. The maximum Gasteiger partial charge on any atom is 0.341 e. The van der Waals surface area contributed by atoms with Crippen LogP contribution in [-0.2, 0) is 14.3 Å². The Labute approximate surface area is 100 Å². The lowest BCUT2D eigenvalue weighted by Crippen LogP contribution is -2.19. The fraction of sp³-hybridized carbons (Fsp3) is 0.385. The molecule has 0 aliphatic rings. The maximum absolute atomic E-state index is 11.9. The number of rotatable bonds is 5. The summed E-state index contributed by atoms with van der Waals surface area (Å²) in [6.45, 7) is 5.40. The molecule has 0 aliphatic carbocycles. The van der Waals surface area contributed by atoms with Gasteiger partial charge in [0.15, 0.2) is 5.78 Å². The highest BCUT2D eigenvalue weighted by Gasteiger charge is 2.22. The molecule has 92 valence electrons. The Kier molecular flexibility index (Phi) is 4.69. The van der Waals surface area contributed by atoms with E-state index >= 15 is 0 Å². The molecule has 0 saturated heterocycles. The second-order valence-corrected chi connectivity index (χ2v) is 3.81. The molecule has 4 nitrogen and oxygen atoms in total. The normalized spacial score (nSPS) is 11.6. The van der Waals surface area contributed by atoms with Crippen molar-refractivity contribution >= 4 is 17.8 Å². The summed E-state index contributed by atoms with van der Waals surface area (Å²) in [7, 11) is 0. The van der Waals surface area contributed by atoms with Gasteiger partial charge in [0.25, 0.3) is 0 Å². The Morgan fingerprint density at radius 1 is 1.47 bits per heavy atom. The second-order valence-electron chi connectivity index (χ2n) is 3.81. The summed E-state index contributed by atoms with van der Waals surface area (Å²) in [5.74, 6) is -0.662. The SMILES string of the molecule is CCOC(=O)/C(=C/c1ccco1)C(=O)C(C)C. The first-order chi connectivity index (χ1) is 8.06. The molecule has 1 aromatic heterocycles. The first-order valence-corrected chi connectivity index (χ1v) is 5.52. The quantitative estimate of drug-likeness (QED) is 0.341. The Bertz CT molecular complexity index is 413. The lowest BCUT2D eigenvalue weighted by molar-refractivity contribution is -0.140. The zero-order valence-electron chi connectivity index (χ0n) is 10.2. The highest BCUT2D eigenvalue weighted by Crippen LogP contribution is 2.14. The van der Waals surface area contributed by atoms with E-state index in [9.17, 15) is 9.59 Å². The van der Waals surface area contributed by atoms with E-state index in [0.29, 0.717) is 5.76 Å². The minimum Gasteiger partial charge on any atom is -0.465 e. The summed E-state index contributed by atoms with van der Waals surface area (Å²) >= 11 is 0. The van der Waals surface area contributed by atoms with Crippen molar-refractivity contribution in [2.24, 2.45) is 5.92 Å². The van der Waals surface area contributed by atoms with E-state index in [1.807, 2.05) is 0 Å². The van der Waals surface area contributed by atoms with Crippen LogP contribution in [0, 0.1) is 5.92 Å². The van der Waals surface area contributed by atoms with E-state index in [-0.39, 0.29) is 23.9 Å². The standard InChI is InChI=1S/C13H16O4/c1-4-16-13(15)11(12(14)9(2)3)8-10-6-5-7-17-10/h5-9H,4H2,1-3H3/b11-8+. The molecule has 0 spiro atoms. The topological polar surface area (TPSA) is 56.5 Å². The number of hydrogen-bond donors (Lipinski definition) is 0. The van der Waals surface area contributed by atoms with E-state index in [2.05, 4.69) is 0 Å². The molecule has 4 heteroatoms. The zero-order valence-corrected chi connectivity index (χ0v) is 10.2.